The number of hydrogen-bond acceptors (Lipinski definition) is 6. The Morgan fingerprint density at radius 2 is 1.97 bits per heavy atom. The fraction of sp³-hybridized carbons (Fsp3) is 0.407. The standard InChI is InChI=1S/C27H33N3O5/c1-18(2)10-12-30-13-11-23-22(16-30)29-27(32)20-6-9-24(33-3)25(14-20)34-17-26(31)28-15-19-4-7-21(35-23)8-5-19/h4-10,14,22-23H,11-13,15-17H2,1-3H3,(H,28,31)(H,29,32)/t22-,23+/m0/s1. The normalized spacial score (nSPS) is 20.9. The van der Waals surface area contributed by atoms with E-state index >= 15 is 0 Å². The van der Waals surface area contributed by atoms with E-state index in [0.717, 1.165) is 30.8 Å². The first-order chi connectivity index (χ1) is 16.9. The highest BCUT2D eigenvalue weighted by Crippen LogP contribution is 2.28. The van der Waals surface area contributed by atoms with Gasteiger partial charge in [0.15, 0.2) is 18.1 Å². The van der Waals surface area contributed by atoms with Crippen molar-refractivity contribution >= 4 is 11.8 Å². The number of nitrogens with one attached hydrogen (secondary N) is 2. The van der Waals surface area contributed by atoms with E-state index in [0.29, 0.717) is 30.2 Å². The lowest BCUT2D eigenvalue weighted by atomic mass is 10.0. The number of fused-ring (bicyclic) bond motifs is 7. The molecule has 8 heteroatoms. The number of rotatable bonds is 3. The first-order valence-electron chi connectivity index (χ1n) is 11.9. The summed E-state index contributed by atoms with van der Waals surface area (Å²) in [5, 5.41) is 6.02. The molecule has 0 saturated carbocycles. The second-order valence-corrected chi connectivity index (χ2v) is 9.14. The fourth-order valence-electron chi connectivity index (χ4n) is 4.19. The summed E-state index contributed by atoms with van der Waals surface area (Å²) in [4.78, 5) is 27.9. The van der Waals surface area contributed by atoms with Crippen molar-refractivity contribution in [1.29, 1.82) is 0 Å². The summed E-state index contributed by atoms with van der Waals surface area (Å²) in [5.41, 5.74) is 2.64. The van der Waals surface area contributed by atoms with Gasteiger partial charge in [-0.25, -0.2) is 0 Å². The van der Waals surface area contributed by atoms with Crippen LogP contribution in [0.3, 0.4) is 0 Å². The van der Waals surface area contributed by atoms with Crippen molar-refractivity contribution in [2.45, 2.75) is 39.0 Å². The topological polar surface area (TPSA) is 89.1 Å². The minimum atomic E-state index is -0.269. The molecule has 2 atom stereocenters. The molecule has 0 spiro atoms. The van der Waals surface area contributed by atoms with Crippen LogP contribution in [0.5, 0.6) is 17.2 Å². The van der Waals surface area contributed by atoms with Gasteiger partial charge in [0.1, 0.15) is 11.9 Å². The van der Waals surface area contributed by atoms with Gasteiger partial charge in [-0.15, -0.1) is 0 Å². The number of ether oxygens (including phenoxy) is 3. The van der Waals surface area contributed by atoms with Gasteiger partial charge >= 0.3 is 0 Å². The Morgan fingerprint density at radius 1 is 1.17 bits per heavy atom. The first kappa shape index (κ1) is 24.6. The lowest BCUT2D eigenvalue weighted by Crippen LogP contribution is -2.57. The molecular weight excluding hydrogens is 446 g/mol. The van der Waals surface area contributed by atoms with E-state index < -0.39 is 0 Å². The maximum atomic E-state index is 13.3. The third-order valence-corrected chi connectivity index (χ3v) is 6.19. The molecule has 2 aromatic carbocycles. The zero-order valence-corrected chi connectivity index (χ0v) is 20.5. The number of amides is 2. The molecule has 5 rings (SSSR count). The molecular formula is C27H33N3O5. The van der Waals surface area contributed by atoms with Gasteiger partial charge in [-0.1, -0.05) is 23.8 Å². The fourth-order valence-corrected chi connectivity index (χ4v) is 4.19. The Balaban J connectivity index is 1.62. The van der Waals surface area contributed by atoms with Crippen LogP contribution in [0.25, 0.3) is 0 Å². The Kier molecular flexibility index (Phi) is 7.92. The van der Waals surface area contributed by atoms with E-state index in [1.165, 1.54) is 12.7 Å². The minimum absolute atomic E-state index is 0.169. The number of methoxy groups -OCH3 is 1. The Bertz CT molecular complexity index is 1080. The number of carbonyl (C=O) groups is 2. The van der Waals surface area contributed by atoms with E-state index in [9.17, 15) is 9.59 Å². The van der Waals surface area contributed by atoms with Crippen LogP contribution in [-0.4, -0.2) is 62.2 Å². The average Bonchev–Trinajstić information content (AvgIpc) is 2.86. The zero-order valence-electron chi connectivity index (χ0n) is 20.5. The molecule has 8 nitrogen and oxygen atoms in total. The number of hydrogen-bond donors (Lipinski definition) is 2. The van der Waals surface area contributed by atoms with Crippen molar-refractivity contribution in [1.82, 2.24) is 15.5 Å². The molecule has 0 unspecified atom stereocenters. The quantitative estimate of drug-likeness (QED) is 0.658. The van der Waals surface area contributed by atoms with E-state index in [2.05, 4.69) is 35.5 Å². The molecule has 0 radical (unpaired) electrons. The molecule has 2 amide bonds. The molecule has 0 aliphatic carbocycles. The first-order valence-corrected chi connectivity index (χ1v) is 11.9. The second kappa shape index (κ2) is 11.3. The van der Waals surface area contributed by atoms with Crippen LogP contribution in [0.2, 0.25) is 0 Å². The van der Waals surface area contributed by atoms with Crippen LogP contribution >= 0.6 is 0 Å². The zero-order chi connectivity index (χ0) is 24.8. The van der Waals surface area contributed by atoms with Gasteiger partial charge in [-0.3, -0.25) is 14.5 Å². The predicted molar refractivity (Wildman–Crippen MR) is 133 cm³/mol. The van der Waals surface area contributed by atoms with Gasteiger partial charge in [0.25, 0.3) is 11.8 Å². The van der Waals surface area contributed by atoms with Crippen molar-refractivity contribution < 1.29 is 23.8 Å². The van der Waals surface area contributed by atoms with Gasteiger partial charge in [0, 0.05) is 31.7 Å². The maximum Gasteiger partial charge on any atom is 0.258 e. The Morgan fingerprint density at radius 3 is 2.71 bits per heavy atom. The van der Waals surface area contributed by atoms with Gasteiger partial charge < -0.3 is 24.8 Å². The van der Waals surface area contributed by atoms with Crippen molar-refractivity contribution in [3.63, 3.8) is 0 Å². The van der Waals surface area contributed by atoms with Crippen molar-refractivity contribution in [2.24, 2.45) is 0 Å². The molecule has 0 aromatic heterocycles. The van der Waals surface area contributed by atoms with Crippen LogP contribution in [-0.2, 0) is 11.3 Å². The highest BCUT2D eigenvalue weighted by atomic mass is 16.5. The van der Waals surface area contributed by atoms with Crippen LogP contribution < -0.4 is 24.8 Å². The average molecular weight is 480 g/mol. The van der Waals surface area contributed by atoms with Crippen LogP contribution in [0.1, 0.15) is 36.2 Å². The van der Waals surface area contributed by atoms with Crippen molar-refractivity contribution in [3.8, 4) is 17.2 Å². The molecule has 3 aliphatic heterocycles. The van der Waals surface area contributed by atoms with Crippen molar-refractivity contribution in [3.05, 3.63) is 65.2 Å². The molecule has 186 valence electrons. The largest absolute Gasteiger partial charge is 0.493 e. The smallest absolute Gasteiger partial charge is 0.258 e. The summed E-state index contributed by atoms with van der Waals surface area (Å²) in [6.45, 7) is 6.75. The summed E-state index contributed by atoms with van der Waals surface area (Å²) in [7, 11) is 1.52. The van der Waals surface area contributed by atoms with E-state index in [1.807, 2.05) is 24.3 Å². The van der Waals surface area contributed by atoms with E-state index in [-0.39, 0.29) is 30.6 Å². The van der Waals surface area contributed by atoms with Gasteiger partial charge in [-0.05, 0) is 56.2 Å². The van der Waals surface area contributed by atoms with Gasteiger partial charge in [0.05, 0.1) is 13.2 Å². The number of carbonyl (C=O) groups excluding carboxylic acids is 2. The van der Waals surface area contributed by atoms with Crippen LogP contribution in [0.4, 0.5) is 0 Å². The summed E-state index contributed by atoms with van der Waals surface area (Å²) in [6, 6.07) is 12.4. The Hall–Kier alpha value is -3.52. The van der Waals surface area contributed by atoms with Gasteiger partial charge in [-0.2, -0.15) is 0 Å². The van der Waals surface area contributed by atoms with Crippen molar-refractivity contribution in [2.75, 3.05) is 33.4 Å². The molecule has 35 heavy (non-hydrogen) atoms. The third-order valence-electron chi connectivity index (χ3n) is 6.19. The van der Waals surface area contributed by atoms with Crippen LogP contribution in [0.15, 0.2) is 54.1 Å². The maximum absolute atomic E-state index is 13.3. The number of allylic oxidation sites excluding steroid dienone is 1. The Labute approximate surface area is 206 Å². The van der Waals surface area contributed by atoms with E-state index in [4.69, 9.17) is 14.2 Å². The number of benzene rings is 2. The third kappa shape index (κ3) is 6.54. The summed E-state index contributed by atoms with van der Waals surface area (Å²) in [5.74, 6) is 1.03. The summed E-state index contributed by atoms with van der Waals surface area (Å²) >= 11 is 0. The molecule has 1 fully saturated rings. The molecule has 2 N–H and O–H groups in total. The lowest BCUT2D eigenvalue weighted by molar-refractivity contribution is -0.123. The molecule has 3 heterocycles. The SMILES string of the molecule is COc1ccc2cc1OCC(=O)NCc1ccc(cc1)O[C@@H]1CCN(CC=C(C)C)C[C@@H]1NC2=O. The minimum Gasteiger partial charge on any atom is -0.493 e. The van der Waals surface area contributed by atoms with Crippen LogP contribution in [0, 0.1) is 0 Å². The number of piperidine rings is 1. The summed E-state index contributed by atoms with van der Waals surface area (Å²) in [6.07, 6.45) is 2.82. The number of likely N-dealkylation sites (tertiary alicyclic amines) is 1. The van der Waals surface area contributed by atoms with E-state index in [1.54, 1.807) is 18.2 Å². The number of nitrogens with zero attached hydrogens (tertiary/aromatic N) is 1. The lowest BCUT2D eigenvalue weighted by Gasteiger charge is -2.38. The monoisotopic (exact) mass is 479 g/mol. The summed E-state index contributed by atoms with van der Waals surface area (Å²) < 4.78 is 17.4. The molecule has 2 aromatic rings. The molecule has 1 saturated heterocycles. The highest BCUT2D eigenvalue weighted by molar-refractivity contribution is 5.95. The predicted octanol–water partition coefficient (Wildman–Crippen LogP) is 2.92. The molecule has 3 aliphatic rings. The van der Waals surface area contributed by atoms with Gasteiger partial charge in [0.2, 0.25) is 0 Å². The highest BCUT2D eigenvalue weighted by Gasteiger charge is 2.32. The second-order valence-electron chi connectivity index (χ2n) is 9.14. The molecule has 4 bridgehead atoms.